The van der Waals surface area contributed by atoms with Crippen molar-refractivity contribution in [1.29, 1.82) is 0 Å². The molecule has 1 saturated carbocycles. The van der Waals surface area contributed by atoms with Gasteiger partial charge < -0.3 is 43.8 Å². The molecule has 6 atom stereocenters. The Morgan fingerprint density at radius 3 is 2.54 bits per heavy atom. The van der Waals surface area contributed by atoms with Crippen LogP contribution in [-0.4, -0.2) is 113 Å². The van der Waals surface area contributed by atoms with E-state index in [0.717, 1.165) is 48.2 Å². The number of fused-ring (bicyclic) bond motifs is 2. The van der Waals surface area contributed by atoms with Crippen molar-refractivity contribution in [3.05, 3.63) is 77.7 Å². The van der Waals surface area contributed by atoms with Gasteiger partial charge in [0.15, 0.2) is 0 Å². The number of aryl methyl sites for hydroxylation is 1. The molecular formula is C45H64ClN3O10. The van der Waals surface area contributed by atoms with E-state index >= 15 is 0 Å². The summed E-state index contributed by atoms with van der Waals surface area (Å²) in [4.78, 5) is 26.6. The highest BCUT2D eigenvalue weighted by molar-refractivity contribution is 6.18. The SMILES string of the molecule is C=CCOC12Oc3ccc(OCc4cccc(C)n4)cc3C3C(CCCCO)C(CCCCO)C=C(C(=NOC(C)(C)C)CC1N(CCOCCO)C(=O)OCCCl)C32. The Morgan fingerprint density at radius 1 is 1.07 bits per heavy atom. The predicted molar refractivity (Wildman–Crippen MR) is 226 cm³/mol. The van der Waals surface area contributed by atoms with Crippen molar-refractivity contribution >= 4 is 23.4 Å². The Bertz CT molecular complexity index is 1730. The van der Waals surface area contributed by atoms with Crippen LogP contribution in [0.2, 0.25) is 0 Å². The second-order valence-corrected chi connectivity index (χ2v) is 16.7. The van der Waals surface area contributed by atoms with E-state index in [4.69, 9.17) is 45.3 Å². The number of aromatic nitrogens is 1. The average molecular weight is 842 g/mol. The molecule has 2 aliphatic carbocycles. The number of hydrogen-bond donors (Lipinski definition) is 3. The van der Waals surface area contributed by atoms with Crippen LogP contribution in [0.1, 0.15) is 88.6 Å². The summed E-state index contributed by atoms with van der Waals surface area (Å²) in [5, 5.41) is 34.1. The van der Waals surface area contributed by atoms with Crippen LogP contribution in [0.4, 0.5) is 4.79 Å². The van der Waals surface area contributed by atoms with Gasteiger partial charge in [0.2, 0.25) is 5.79 Å². The molecule has 0 spiro atoms. The standard InChI is InChI=1S/C45H64ClN3O10/c1-6-23-57-45-40(49(19-25-54-26-22-52)43(53)55-24-18-46)29-38(48-59-44(3,4)5)36-27-32(13-7-9-20-50)35(15-8-10-21-51)41(42(36)45)37-28-34(16-17-39(37)58-45)56-30-33-14-11-12-31(2)47-33/h6,11-12,14,16-17,27-28,32,35,40-42,50-52H,1,7-10,13,15,18-26,29-30H2,2-5H3. The molecule has 0 bridgehead atoms. The van der Waals surface area contributed by atoms with E-state index < -0.39 is 29.4 Å². The minimum atomic E-state index is -1.48. The van der Waals surface area contributed by atoms with Crippen molar-refractivity contribution in [2.75, 3.05) is 58.7 Å². The fourth-order valence-corrected chi connectivity index (χ4v) is 8.76. The largest absolute Gasteiger partial charge is 0.487 e. The number of hydrogen-bond acceptors (Lipinski definition) is 12. The van der Waals surface area contributed by atoms with Crippen LogP contribution in [0.25, 0.3) is 0 Å². The van der Waals surface area contributed by atoms with Gasteiger partial charge in [-0.2, -0.15) is 0 Å². The number of amides is 1. The molecule has 0 saturated heterocycles. The molecule has 5 rings (SSSR count). The number of aliphatic hydroxyl groups excluding tert-OH is 3. The first kappa shape index (κ1) is 46.3. The Labute approximate surface area is 354 Å². The van der Waals surface area contributed by atoms with Gasteiger partial charge in [-0.05, 0) is 101 Å². The summed E-state index contributed by atoms with van der Waals surface area (Å²) >= 11 is 6.03. The van der Waals surface area contributed by atoms with Crippen molar-refractivity contribution in [3.63, 3.8) is 0 Å². The topological polar surface area (TPSA) is 162 Å². The van der Waals surface area contributed by atoms with Crippen LogP contribution < -0.4 is 9.47 Å². The first-order valence-corrected chi connectivity index (χ1v) is 21.5. The molecule has 1 fully saturated rings. The third-order valence-electron chi connectivity index (χ3n) is 11.0. The number of carbonyl (C=O) groups excluding carboxylic acids is 1. The van der Waals surface area contributed by atoms with Crippen molar-refractivity contribution in [2.45, 2.75) is 103 Å². The molecule has 2 heterocycles. The molecule has 1 aliphatic heterocycles. The lowest BCUT2D eigenvalue weighted by atomic mass is 9.55. The van der Waals surface area contributed by atoms with Gasteiger partial charge in [-0.3, -0.25) is 9.88 Å². The molecular weight excluding hydrogens is 778 g/mol. The van der Waals surface area contributed by atoms with Gasteiger partial charge in [0.1, 0.15) is 36.4 Å². The lowest BCUT2D eigenvalue weighted by molar-refractivity contribution is -0.256. The van der Waals surface area contributed by atoms with Crippen molar-refractivity contribution in [2.24, 2.45) is 22.9 Å². The van der Waals surface area contributed by atoms with Crippen LogP contribution in [-0.2, 0) is 25.7 Å². The van der Waals surface area contributed by atoms with E-state index in [1.165, 1.54) is 0 Å². The number of halogens is 1. The molecule has 14 heteroatoms. The van der Waals surface area contributed by atoms with Crippen LogP contribution >= 0.6 is 11.6 Å². The third-order valence-corrected chi connectivity index (χ3v) is 11.2. The Balaban J connectivity index is 1.76. The zero-order valence-electron chi connectivity index (χ0n) is 35.2. The molecule has 1 aromatic carbocycles. The quantitative estimate of drug-likeness (QED) is 0.0454. The van der Waals surface area contributed by atoms with E-state index in [-0.39, 0.29) is 89.5 Å². The van der Waals surface area contributed by atoms with Crippen LogP contribution in [0.15, 0.2) is 65.9 Å². The van der Waals surface area contributed by atoms with Gasteiger partial charge in [-0.25, -0.2) is 4.79 Å². The number of nitrogens with zero attached hydrogens (tertiary/aromatic N) is 3. The monoisotopic (exact) mass is 841 g/mol. The van der Waals surface area contributed by atoms with Crippen LogP contribution in [0, 0.1) is 24.7 Å². The number of allylic oxidation sites excluding steroid dienone is 1. The van der Waals surface area contributed by atoms with Gasteiger partial charge in [0, 0.05) is 43.4 Å². The van der Waals surface area contributed by atoms with Crippen LogP contribution in [0.5, 0.6) is 11.5 Å². The predicted octanol–water partition coefficient (Wildman–Crippen LogP) is 7.09. The molecule has 1 amide bonds. The number of rotatable bonds is 23. The second-order valence-electron chi connectivity index (χ2n) is 16.4. The molecule has 59 heavy (non-hydrogen) atoms. The van der Waals surface area contributed by atoms with Crippen molar-refractivity contribution < 1.29 is 48.6 Å². The lowest BCUT2D eigenvalue weighted by Gasteiger charge is -2.59. The van der Waals surface area contributed by atoms with Gasteiger partial charge >= 0.3 is 6.09 Å². The highest BCUT2D eigenvalue weighted by Crippen LogP contribution is 2.62. The van der Waals surface area contributed by atoms with Crippen LogP contribution in [0.3, 0.4) is 0 Å². The molecule has 3 N–H and O–H groups in total. The molecule has 2 aromatic rings. The smallest absolute Gasteiger partial charge is 0.410 e. The number of aliphatic hydroxyl groups is 3. The van der Waals surface area contributed by atoms with E-state index in [1.54, 1.807) is 11.0 Å². The highest BCUT2D eigenvalue weighted by Gasteiger charge is 2.65. The first-order valence-electron chi connectivity index (χ1n) is 21.0. The second kappa shape index (κ2) is 22.2. The van der Waals surface area contributed by atoms with Crippen molar-refractivity contribution in [1.82, 2.24) is 9.88 Å². The number of ether oxygens (including phenoxy) is 5. The third kappa shape index (κ3) is 11.8. The number of oxime groups is 1. The maximum atomic E-state index is 14.2. The van der Waals surface area contributed by atoms with Gasteiger partial charge in [-0.15, -0.1) is 18.2 Å². The normalized spacial score (nSPS) is 24.0. The summed E-state index contributed by atoms with van der Waals surface area (Å²) in [6.45, 7) is 12.4. The maximum Gasteiger partial charge on any atom is 0.410 e. The van der Waals surface area contributed by atoms with E-state index in [2.05, 4.69) is 23.7 Å². The highest BCUT2D eigenvalue weighted by atomic mass is 35.5. The molecule has 3 aliphatic rings. The lowest BCUT2D eigenvalue weighted by Crippen LogP contribution is -2.70. The molecule has 13 nitrogen and oxygen atoms in total. The molecule has 1 aromatic heterocycles. The molecule has 0 radical (unpaired) electrons. The van der Waals surface area contributed by atoms with E-state index in [0.29, 0.717) is 30.1 Å². The summed E-state index contributed by atoms with van der Waals surface area (Å²) in [6.07, 6.45) is 8.06. The fraction of sp³-hybridized carbons (Fsp3) is 0.622. The summed E-state index contributed by atoms with van der Waals surface area (Å²) in [7, 11) is 0. The number of unbranched alkanes of at least 4 members (excludes halogenated alkanes) is 2. The zero-order chi connectivity index (χ0) is 42.4. The Morgan fingerprint density at radius 2 is 1.85 bits per heavy atom. The Hall–Kier alpha value is -3.72. The number of carbonyl (C=O) groups is 1. The first-order chi connectivity index (χ1) is 28.5. The van der Waals surface area contributed by atoms with E-state index in [1.807, 2.05) is 58.0 Å². The van der Waals surface area contributed by atoms with Crippen molar-refractivity contribution in [3.8, 4) is 11.5 Å². The Kier molecular flexibility index (Phi) is 17.5. The maximum absolute atomic E-state index is 14.2. The molecule has 6 unspecified atom stereocenters. The van der Waals surface area contributed by atoms with Gasteiger partial charge in [0.05, 0.1) is 49.6 Å². The minimum absolute atomic E-state index is 0.0140. The number of benzene rings is 1. The van der Waals surface area contributed by atoms with E-state index in [9.17, 15) is 20.1 Å². The fourth-order valence-electron chi connectivity index (χ4n) is 8.68. The van der Waals surface area contributed by atoms with Gasteiger partial charge in [-0.1, -0.05) is 36.2 Å². The summed E-state index contributed by atoms with van der Waals surface area (Å²) in [5.74, 6) is -0.777. The summed E-state index contributed by atoms with van der Waals surface area (Å²) in [5.41, 5.74) is 3.61. The molecule has 326 valence electrons. The van der Waals surface area contributed by atoms with Gasteiger partial charge in [0.25, 0.3) is 0 Å². The average Bonchev–Trinajstić information content (AvgIpc) is 3.21. The summed E-state index contributed by atoms with van der Waals surface area (Å²) < 4.78 is 32.1. The zero-order valence-corrected chi connectivity index (χ0v) is 35.9. The number of pyridine rings is 1. The summed E-state index contributed by atoms with van der Waals surface area (Å²) in [6, 6.07) is 10.9. The number of alkyl halides is 1. The minimum Gasteiger partial charge on any atom is -0.487 e.